The lowest BCUT2D eigenvalue weighted by Crippen LogP contribution is -2.42. The van der Waals surface area contributed by atoms with E-state index < -0.39 is 5.91 Å². The molecule has 5 nitrogen and oxygen atoms in total. The lowest BCUT2D eigenvalue weighted by Gasteiger charge is -2.14. The molecule has 0 aliphatic heterocycles. The summed E-state index contributed by atoms with van der Waals surface area (Å²) in [6.07, 6.45) is 4.89. The van der Waals surface area contributed by atoms with Gasteiger partial charge in [-0.3, -0.25) is 14.6 Å². The van der Waals surface area contributed by atoms with Crippen molar-refractivity contribution < 1.29 is 9.59 Å². The Balaban J connectivity index is 2.64. The van der Waals surface area contributed by atoms with Crippen molar-refractivity contribution in [2.75, 3.05) is 0 Å². The molecule has 1 heterocycles. The standard InChI is InChI=1S/C11H15N3O2/c1-2-3-4-10(15)14(12)11(16)9-5-7-13-8-6-9/h5-8H,2-4,12H2,1H3. The number of pyridine rings is 1. The highest BCUT2D eigenvalue weighted by Gasteiger charge is 2.18. The minimum Gasteiger partial charge on any atom is -0.273 e. The van der Waals surface area contributed by atoms with Crippen molar-refractivity contribution >= 4 is 11.8 Å². The topological polar surface area (TPSA) is 76.3 Å². The number of carbonyl (C=O) groups is 2. The van der Waals surface area contributed by atoms with Gasteiger partial charge in [0, 0.05) is 24.4 Å². The summed E-state index contributed by atoms with van der Waals surface area (Å²) in [4.78, 5) is 27.0. The maximum atomic E-state index is 11.7. The molecule has 0 radical (unpaired) electrons. The van der Waals surface area contributed by atoms with Crippen LogP contribution in [0.25, 0.3) is 0 Å². The molecule has 0 aliphatic rings. The Labute approximate surface area is 94.2 Å². The lowest BCUT2D eigenvalue weighted by atomic mass is 10.2. The number of nitrogens with zero attached hydrogens (tertiary/aromatic N) is 2. The van der Waals surface area contributed by atoms with Gasteiger partial charge < -0.3 is 0 Å². The smallest absolute Gasteiger partial charge is 0.273 e. The molecule has 0 saturated heterocycles. The molecule has 86 valence electrons. The Kier molecular flexibility index (Phi) is 4.60. The number of unbranched alkanes of at least 4 members (excludes halogenated alkanes) is 1. The van der Waals surface area contributed by atoms with Gasteiger partial charge in [0.05, 0.1) is 0 Å². The average Bonchev–Trinajstić information content (AvgIpc) is 2.35. The van der Waals surface area contributed by atoms with E-state index in [4.69, 9.17) is 5.84 Å². The summed E-state index contributed by atoms with van der Waals surface area (Å²) in [7, 11) is 0. The van der Waals surface area contributed by atoms with Gasteiger partial charge >= 0.3 is 0 Å². The van der Waals surface area contributed by atoms with E-state index in [1.54, 1.807) is 0 Å². The van der Waals surface area contributed by atoms with Gasteiger partial charge in [-0.05, 0) is 18.6 Å². The first-order chi connectivity index (χ1) is 7.66. The second-order valence-electron chi connectivity index (χ2n) is 3.41. The van der Waals surface area contributed by atoms with Gasteiger partial charge in [-0.2, -0.15) is 0 Å². The highest BCUT2D eigenvalue weighted by molar-refractivity contribution is 6.03. The maximum absolute atomic E-state index is 11.7. The number of aromatic nitrogens is 1. The zero-order valence-electron chi connectivity index (χ0n) is 9.22. The van der Waals surface area contributed by atoms with Crippen LogP contribution in [0.15, 0.2) is 24.5 Å². The quantitative estimate of drug-likeness (QED) is 0.469. The molecular weight excluding hydrogens is 206 g/mol. The molecule has 2 amide bonds. The molecule has 2 N–H and O–H groups in total. The monoisotopic (exact) mass is 221 g/mol. The molecule has 0 fully saturated rings. The van der Waals surface area contributed by atoms with Crippen LogP contribution in [0.4, 0.5) is 0 Å². The predicted octanol–water partition coefficient (Wildman–Crippen LogP) is 1.11. The fourth-order valence-corrected chi connectivity index (χ4v) is 1.20. The molecule has 1 aromatic rings. The average molecular weight is 221 g/mol. The predicted molar refractivity (Wildman–Crippen MR) is 59.1 cm³/mol. The number of hydrogen-bond donors (Lipinski definition) is 1. The van der Waals surface area contributed by atoms with E-state index in [1.807, 2.05) is 6.92 Å². The molecule has 0 saturated carbocycles. The maximum Gasteiger partial charge on any atom is 0.274 e. The van der Waals surface area contributed by atoms with E-state index >= 15 is 0 Å². The number of carbonyl (C=O) groups excluding carboxylic acids is 2. The van der Waals surface area contributed by atoms with E-state index in [1.165, 1.54) is 24.5 Å². The van der Waals surface area contributed by atoms with E-state index in [-0.39, 0.29) is 5.91 Å². The van der Waals surface area contributed by atoms with Crippen LogP contribution in [0.3, 0.4) is 0 Å². The minimum absolute atomic E-state index is 0.295. The minimum atomic E-state index is -0.497. The SMILES string of the molecule is CCCCC(=O)N(N)C(=O)c1ccncc1. The van der Waals surface area contributed by atoms with Crippen LogP contribution in [0.5, 0.6) is 0 Å². The van der Waals surface area contributed by atoms with E-state index in [0.717, 1.165) is 12.8 Å². The van der Waals surface area contributed by atoms with E-state index in [2.05, 4.69) is 4.98 Å². The first kappa shape index (κ1) is 12.3. The second-order valence-corrected chi connectivity index (χ2v) is 3.41. The summed E-state index contributed by atoms with van der Waals surface area (Å²) in [6.45, 7) is 1.97. The Bertz CT molecular complexity index is 365. The number of imide groups is 1. The molecule has 1 rings (SSSR count). The number of rotatable bonds is 4. The van der Waals surface area contributed by atoms with Crippen LogP contribution in [0.2, 0.25) is 0 Å². The molecule has 0 unspecified atom stereocenters. The van der Waals surface area contributed by atoms with Crippen molar-refractivity contribution in [3.05, 3.63) is 30.1 Å². The molecule has 0 atom stereocenters. The summed E-state index contributed by atoms with van der Waals surface area (Å²) >= 11 is 0. The Morgan fingerprint density at radius 2 is 2.00 bits per heavy atom. The number of amides is 2. The van der Waals surface area contributed by atoms with Crippen molar-refractivity contribution in [1.29, 1.82) is 0 Å². The summed E-state index contributed by atoms with van der Waals surface area (Å²) in [5, 5.41) is 0.672. The molecule has 0 bridgehead atoms. The fraction of sp³-hybridized carbons (Fsp3) is 0.364. The summed E-state index contributed by atoms with van der Waals surface area (Å²) in [6, 6.07) is 3.05. The number of hydrazine groups is 1. The third-order valence-electron chi connectivity index (χ3n) is 2.16. The second kappa shape index (κ2) is 5.97. The summed E-state index contributed by atoms with van der Waals surface area (Å²) in [5.41, 5.74) is 0.363. The molecule has 5 heteroatoms. The van der Waals surface area contributed by atoms with E-state index in [9.17, 15) is 9.59 Å². The van der Waals surface area contributed by atoms with Gasteiger partial charge in [-0.1, -0.05) is 13.3 Å². The fourth-order valence-electron chi connectivity index (χ4n) is 1.20. The zero-order valence-corrected chi connectivity index (χ0v) is 9.22. The van der Waals surface area contributed by atoms with Gasteiger partial charge in [0.25, 0.3) is 5.91 Å². The van der Waals surface area contributed by atoms with Crippen LogP contribution in [0.1, 0.15) is 36.5 Å². The van der Waals surface area contributed by atoms with Gasteiger partial charge in [0.15, 0.2) is 0 Å². The van der Waals surface area contributed by atoms with Crippen LogP contribution in [-0.4, -0.2) is 21.8 Å². The van der Waals surface area contributed by atoms with Gasteiger partial charge in [-0.15, -0.1) is 0 Å². The van der Waals surface area contributed by atoms with Crippen molar-refractivity contribution in [2.24, 2.45) is 5.84 Å². The number of nitrogens with two attached hydrogens (primary N) is 1. The van der Waals surface area contributed by atoms with Gasteiger partial charge in [-0.25, -0.2) is 10.9 Å². The molecule has 0 aromatic carbocycles. The van der Waals surface area contributed by atoms with Crippen molar-refractivity contribution in [2.45, 2.75) is 26.2 Å². The third-order valence-corrected chi connectivity index (χ3v) is 2.16. The van der Waals surface area contributed by atoms with Crippen LogP contribution < -0.4 is 5.84 Å². The Hall–Kier alpha value is -1.75. The third kappa shape index (κ3) is 3.13. The zero-order chi connectivity index (χ0) is 12.0. The Morgan fingerprint density at radius 1 is 1.38 bits per heavy atom. The van der Waals surface area contributed by atoms with Crippen LogP contribution in [0, 0.1) is 0 Å². The largest absolute Gasteiger partial charge is 0.274 e. The highest BCUT2D eigenvalue weighted by atomic mass is 16.2. The molecule has 0 spiro atoms. The lowest BCUT2D eigenvalue weighted by molar-refractivity contribution is -0.128. The van der Waals surface area contributed by atoms with Crippen molar-refractivity contribution in [3.63, 3.8) is 0 Å². The van der Waals surface area contributed by atoms with Crippen molar-refractivity contribution in [1.82, 2.24) is 9.99 Å². The molecular formula is C11H15N3O2. The summed E-state index contributed by atoms with van der Waals surface area (Å²) in [5.74, 6) is 4.59. The molecule has 0 aliphatic carbocycles. The van der Waals surface area contributed by atoms with Crippen LogP contribution in [-0.2, 0) is 4.79 Å². The first-order valence-corrected chi connectivity index (χ1v) is 5.18. The molecule has 1 aromatic heterocycles. The van der Waals surface area contributed by atoms with Crippen molar-refractivity contribution in [3.8, 4) is 0 Å². The van der Waals surface area contributed by atoms with Gasteiger partial charge in [0.1, 0.15) is 0 Å². The summed E-state index contributed by atoms with van der Waals surface area (Å²) < 4.78 is 0. The highest BCUT2D eigenvalue weighted by Crippen LogP contribution is 2.03. The first-order valence-electron chi connectivity index (χ1n) is 5.18. The van der Waals surface area contributed by atoms with E-state index in [0.29, 0.717) is 17.0 Å². The number of hydrogen-bond acceptors (Lipinski definition) is 4. The normalized spacial score (nSPS) is 9.88. The molecule has 16 heavy (non-hydrogen) atoms. The Morgan fingerprint density at radius 3 is 2.56 bits per heavy atom. The van der Waals surface area contributed by atoms with Gasteiger partial charge in [0.2, 0.25) is 5.91 Å². The van der Waals surface area contributed by atoms with Crippen LogP contribution >= 0.6 is 0 Å².